The first-order chi connectivity index (χ1) is 9.08. The maximum atomic E-state index is 11.2. The van der Waals surface area contributed by atoms with Gasteiger partial charge in [0, 0.05) is 23.7 Å². The molecule has 0 radical (unpaired) electrons. The van der Waals surface area contributed by atoms with E-state index in [4.69, 9.17) is 0 Å². The van der Waals surface area contributed by atoms with Gasteiger partial charge in [-0.3, -0.25) is 9.59 Å². The average Bonchev–Trinajstić information content (AvgIpc) is 2.39. The van der Waals surface area contributed by atoms with E-state index < -0.39 is 0 Å². The zero-order valence-electron chi connectivity index (χ0n) is 10.9. The lowest BCUT2D eigenvalue weighted by molar-refractivity contribution is -0.114. The summed E-state index contributed by atoms with van der Waals surface area (Å²) >= 11 is 0. The van der Waals surface area contributed by atoms with E-state index in [1.165, 1.54) is 6.92 Å². The Morgan fingerprint density at radius 3 is 2.11 bits per heavy atom. The fourth-order valence-electron chi connectivity index (χ4n) is 1.92. The molecule has 0 aliphatic carbocycles. The normalized spacial score (nSPS) is 10.0. The van der Waals surface area contributed by atoms with Gasteiger partial charge >= 0.3 is 0 Å². The summed E-state index contributed by atoms with van der Waals surface area (Å²) in [5, 5.41) is 2.80. The van der Waals surface area contributed by atoms with Crippen LogP contribution in [0.3, 0.4) is 0 Å². The largest absolute Gasteiger partial charge is 0.326 e. The molecule has 0 saturated carbocycles. The van der Waals surface area contributed by atoms with E-state index >= 15 is 0 Å². The Hall–Kier alpha value is -2.42. The molecule has 0 atom stereocenters. The van der Waals surface area contributed by atoms with Gasteiger partial charge in [-0.25, -0.2) is 0 Å². The number of benzene rings is 2. The van der Waals surface area contributed by atoms with Crippen molar-refractivity contribution in [2.75, 3.05) is 5.32 Å². The van der Waals surface area contributed by atoms with Crippen molar-refractivity contribution in [3.05, 3.63) is 54.1 Å². The molecule has 0 spiro atoms. The molecule has 96 valence electrons. The van der Waals surface area contributed by atoms with Crippen LogP contribution in [0.4, 0.5) is 5.69 Å². The van der Waals surface area contributed by atoms with E-state index in [-0.39, 0.29) is 11.7 Å². The average molecular weight is 253 g/mol. The first kappa shape index (κ1) is 13.0. The monoisotopic (exact) mass is 253 g/mol. The lowest BCUT2D eigenvalue weighted by Gasteiger charge is -2.10. The Morgan fingerprint density at radius 2 is 1.53 bits per heavy atom. The van der Waals surface area contributed by atoms with Crippen LogP contribution in [0.15, 0.2) is 48.5 Å². The van der Waals surface area contributed by atoms with Gasteiger partial charge in [-0.2, -0.15) is 0 Å². The Balaban J connectivity index is 2.41. The zero-order chi connectivity index (χ0) is 13.8. The number of ketones is 1. The highest BCUT2D eigenvalue weighted by Gasteiger charge is 2.06. The van der Waals surface area contributed by atoms with Gasteiger partial charge in [-0.05, 0) is 18.6 Å². The summed E-state index contributed by atoms with van der Waals surface area (Å²) in [5.74, 6) is -0.0606. The molecule has 0 saturated heterocycles. The lowest BCUT2D eigenvalue weighted by Crippen LogP contribution is -2.06. The van der Waals surface area contributed by atoms with E-state index in [2.05, 4.69) is 5.32 Å². The number of Topliss-reactive ketones (excluding diaryl/α,β-unsaturated/α-hetero) is 1. The number of carbonyl (C=O) groups is 2. The number of anilines is 1. The van der Waals surface area contributed by atoms with Crippen molar-refractivity contribution in [1.29, 1.82) is 0 Å². The summed E-state index contributed by atoms with van der Waals surface area (Å²) in [4.78, 5) is 22.4. The third kappa shape index (κ3) is 3.07. The number of para-hydroxylation sites is 1. The van der Waals surface area contributed by atoms with Crippen LogP contribution >= 0.6 is 0 Å². The second-order valence-electron chi connectivity index (χ2n) is 4.36. The number of hydrogen-bond acceptors (Lipinski definition) is 2. The molecule has 2 aromatic carbocycles. The fourth-order valence-corrected chi connectivity index (χ4v) is 1.92. The first-order valence-electron chi connectivity index (χ1n) is 6.06. The molecule has 3 heteroatoms. The van der Waals surface area contributed by atoms with Crippen molar-refractivity contribution >= 4 is 17.4 Å². The highest BCUT2D eigenvalue weighted by Crippen LogP contribution is 2.28. The molecule has 0 heterocycles. The summed E-state index contributed by atoms with van der Waals surface area (Å²) in [6, 6.07) is 14.9. The minimum atomic E-state index is -0.104. The van der Waals surface area contributed by atoms with Gasteiger partial charge in [0.25, 0.3) is 0 Å². The highest BCUT2D eigenvalue weighted by molar-refractivity contribution is 5.96. The second-order valence-corrected chi connectivity index (χ2v) is 4.36. The van der Waals surface area contributed by atoms with Gasteiger partial charge in [-0.1, -0.05) is 42.5 Å². The SMILES string of the molecule is CC(=O)Nc1ccccc1-c1ccc(C(C)=O)cc1. The molecule has 0 aromatic heterocycles. The Bertz CT molecular complexity index is 615. The first-order valence-corrected chi connectivity index (χ1v) is 6.06. The number of amides is 1. The van der Waals surface area contributed by atoms with Crippen LogP contribution in [0.5, 0.6) is 0 Å². The van der Waals surface area contributed by atoms with Crippen LogP contribution in [0.1, 0.15) is 24.2 Å². The van der Waals surface area contributed by atoms with Gasteiger partial charge in [0.05, 0.1) is 0 Å². The van der Waals surface area contributed by atoms with Crippen molar-refractivity contribution < 1.29 is 9.59 Å². The van der Waals surface area contributed by atoms with Crippen molar-refractivity contribution in [2.24, 2.45) is 0 Å². The van der Waals surface area contributed by atoms with Crippen LogP contribution in [0.25, 0.3) is 11.1 Å². The van der Waals surface area contributed by atoms with Gasteiger partial charge in [0.2, 0.25) is 5.91 Å². The fraction of sp³-hybridized carbons (Fsp3) is 0.125. The number of nitrogens with one attached hydrogen (secondary N) is 1. The minimum Gasteiger partial charge on any atom is -0.326 e. The molecule has 2 aromatic rings. The molecule has 1 N–H and O–H groups in total. The van der Waals surface area contributed by atoms with E-state index in [1.54, 1.807) is 19.1 Å². The smallest absolute Gasteiger partial charge is 0.221 e. The lowest BCUT2D eigenvalue weighted by atomic mass is 10.0. The number of hydrogen-bond donors (Lipinski definition) is 1. The molecule has 0 aliphatic heterocycles. The molecule has 2 rings (SSSR count). The Labute approximate surface area is 112 Å². The number of carbonyl (C=O) groups excluding carboxylic acids is 2. The molecule has 1 amide bonds. The summed E-state index contributed by atoms with van der Waals surface area (Å²) < 4.78 is 0. The highest BCUT2D eigenvalue weighted by atomic mass is 16.1. The van der Waals surface area contributed by atoms with E-state index in [0.29, 0.717) is 5.56 Å². The van der Waals surface area contributed by atoms with Crippen LogP contribution < -0.4 is 5.32 Å². The van der Waals surface area contributed by atoms with E-state index in [0.717, 1.165) is 16.8 Å². The van der Waals surface area contributed by atoms with Crippen LogP contribution in [0, 0.1) is 0 Å². The summed E-state index contributed by atoms with van der Waals surface area (Å²) in [6.45, 7) is 3.02. The zero-order valence-corrected chi connectivity index (χ0v) is 10.9. The molecular formula is C16H15NO2. The topological polar surface area (TPSA) is 46.2 Å². The minimum absolute atomic E-state index is 0.0432. The van der Waals surface area contributed by atoms with Crippen LogP contribution in [0.2, 0.25) is 0 Å². The standard InChI is InChI=1S/C16H15NO2/c1-11(18)13-7-9-14(10-8-13)15-5-3-4-6-16(15)17-12(2)19/h3-10H,1-2H3,(H,17,19). The van der Waals surface area contributed by atoms with Gasteiger partial charge in [0.15, 0.2) is 5.78 Å². The molecule has 0 unspecified atom stereocenters. The molecule has 19 heavy (non-hydrogen) atoms. The maximum absolute atomic E-state index is 11.2. The van der Waals surface area contributed by atoms with Gasteiger partial charge in [-0.15, -0.1) is 0 Å². The molecule has 0 bridgehead atoms. The summed E-state index contributed by atoms with van der Waals surface area (Å²) in [5.41, 5.74) is 3.36. The van der Waals surface area contributed by atoms with Crippen molar-refractivity contribution in [2.45, 2.75) is 13.8 Å². The molecule has 0 aliphatic rings. The maximum Gasteiger partial charge on any atom is 0.221 e. The molecule has 0 fully saturated rings. The third-order valence-electron chi connectivity index (χ3n) is 2.84. The molecule has 3 nitrogen and oxygen atoms in total. The number of rotatable bonds is 3. The Kier molecular flexibility index (Phi) is 3.76. The van der Waals surface area contributed by atoms with Crippen LogP contribution in [-0.4, -0.2) is 11.7 Å². The van der Waals surface area contributed by atoms with Crippen LogP contribution in [-0.2, 0) is 4.79 Å². The van der Waals surface area contributed by atoms with E-state index in [9.17, 15) is 9.59 Å². The van der Waals surface area contributed by atoms with E-state index in [1.807, 2.05) is 36.4 Å². The van der Waals surface area contributed by atoms with Gasteiger partial charge in [0.1, 0.15) is 0 Å². The summed E-state index contributed by atoms with van der Waals surface area (Å²) in [7, 11) is 0. The van der Waals surface area contributed by atoms with Gasteiger partial charge < -0.3 is 5.32 Å². The summed E-state index contributed by atoms with van der Waals surface area (Å²) in [6.07, 6.45) is 0. The predicted octanol–water partition coefficient (Wildman–Crippen LogP) is 3.51. The quantitative estimate of drug-likeness (QED) is 0.851. The molecular weight excluding hydrogens is 238 g/mol. The van der Waals surface area contributed by atoms with Crippen molar-refractivity contribution in [1.82, 2.24) is 0 Å². The third-order valence-corrected chi connectivity index (χ3v) is 2.84. The second kappa shape index (κ2) is 5.48. The van der Waals surface area contributed by atoms with Crippen molar-refractivity contribution in [3.8, 4) is 11.1 Å². The van der Waals surface area contributed by atoms with Crippen molar-refractivity contribution in [3.63, 3.8) is 0 Å². The predicted molar refractivity (Wildman–Crippen MR) is 76.2 cm³/mol. The Morgan fingerprint density at radius 1 is 0.895 bits per heavy atom.